The molecular formula is C12H20N2O3S2. The molecule has 0 saturated carbocycles. The summed E-state index contributed by atoms with van der Waals surface area (Å²) in [5, 5.41) is 10.2. The van der Waals surface area contributed by atoms with Crippen LogP contribution in [-0.4, -0.2) is 42.6 Å². The van der Waals surface area contributed by atoms with Crippen molar-refractivity contribution in [3.8, 4) is 0 Å². The highest BCUT2D eigenvalue weighted by Gasteiger charge is 2.30. The number of aromatic nitrogens is 1. The number of sulfone groups is 1. The summed E-state index contributed by atoms with van der Waals surface area (Å²) >= 11 is 1.47. The van der Waals surface area contributed by atoms with Crippen molar-refractivity contribution in [1.82, 2.24) is 4.98 Å². The Labute approximate surface area is 118 Å². The first kappa shape index (κ1) is 14.7. The molecule has 1 saturated heterocycles. The molecule has 1 atom stereocenters. The molecule has 0 spiro atoms. The zero-order valence-electron chi connectivity index (χ0n) is 11.5. The highest BCUT2D eigenvalue weighted by atomic mass is 32.2. The Kier molecular flexibility index (Phi) is 4.17. The SMILES string of the molecule is CC(C)c1nc(N2CCS(=O)(=O)CC2C)sc1CO. The van der Waals surface area contributed by atoms with Crippen molar-refractivity contribution >= 4 is 26.3 Å². The number of rotatable bonds is 3. The number of hydrogen-bond acceptors (Lipinski definition) is 6. The fraction of sp³-hybridized carbons (Fsp3) is 0.750. The zero-order valence-corrected chi connectivity index (χ0v) is 13.1. The second-order valence-electron chi connectivity index (χ2n) is 5.27. The average Bonchev–Trinajstić information content (AvgIpc) is 2.71. The first-order valence-electron chi connectivity index (χ1n) is 6.41. The minimum absolute atomic E-state index is 0.00823. The first-order chi connectivity index (χ1) is 8.84. The Morgan fingerprint density at radius 1 is 1.53 bits per heavy atom. The minimum Gasteiger partial charge on any atom is -0.391 e. The van der Waals surface area contributed by atoms with E-state index in [4.69, 9.17) is 0 Å². The van der Waals surface area contributed by atoms with E-state index in [1.165, 1.54) is 11.3 Å². The number of aliphatic hydroxyl groups is 1. The number of hydrogen-bond donors (Lipinski definition) is 1. The van der Waals surface area contributed by atoms with E-state index in [1.807, 2.05) is 25.7 Å². The first-order valence-corrected chi connectivity index (χ1v) is 9.05. The maximum absolute atomic E-state index is 11.6. The van der Waals surface area contributed by atoms with Crippen LogP contribution >= 0.6 is 11.3 Å². The molecule has 1 aromatic rings. The van der Waals surface area contributed by atoms with Crippen molar-refractivity contribution in [3.63, 3.8) is 0 Å². The molecule has 2 heterocycles. The number of anilines is 1. The summed E-state index contributed by atoms with van der Waals surface area (Å²) in [5.41, 5.74) is 0.920. The summed E-state index contributed by atoms with van der Waals surface area (Å²) < 4.78 is 23.2. The van der Waals surface area contributed by atoms with E-state index in [0.717, 1.165) is 15.7 Å². The minimum atomic E-state index is -2.91. The standard InChI is InChI=1S/C12H20N2O3S2/c1-8(2)11-10(6-15)18-12(13-11)14-4-5-19(16,17)7-9(14)3/h8-9,15H,4-7H2,1-3H3. The van der Waals surface area contributed by atoms with E-state index >= 15 is 0 Å². The smallest absolute Gasteiger partial charge is 0.186 e. The topological polar surface area (TPSA) is 70.5 Å². The lowest BCUT2D eigenvalue weighted by atomic mass is 10.1. The van der Waals surface area contributed by atoms with Gasteiger partial charge in [0.05, 0.1) is 28.7 Å². The van der Waals surface area contributed by atoms with Gasteiger partial charge in [-0.2, -0.15) is 0 Å². The molecule has 19 heavy (non-hydrogen) atoms. The lowest BCUT2D eigenvalue weighted by Gasteiger charge is -2.32. The van der Waals surface area contributed by atoms with Crippen LogP contribution in [0.5, 0.6) is 0 Å². The van der Waals surface area contributed by atoms with Crippen molar-refractivity contribution in [3.05, 3.63) is 10.6 Å². The monoisotopic (exact) mass is 304 g/mol. The predicted molar refractivity (Wildman–Crippen MR) is 77.6 cm³/mol. The molecule has 1 aliphatic heterocycles. The van der Waals surface area contributed by atoms with Gasteiger partial charge < -0.3 is 10.0 Å². The summed E-state index contributed by atoms with van der Waals surface area (Å²) in [7, 11) is -2.91. The van der Waals surface area contributed by atoms with Crippen LogP contribution in [0.15, 0.2) is 0 Å². The van der Waals surface area contributed by atoms with Crippen molar-refractivity contribution < 1.29 is 13.5 Å². The molecule has 1 fully saturated rings. The van der Waals surface area contributed by atoms with E-state index in [-0.39, 0.29) is 30.1 Å². The molecule has 7 heteroatoms. The van der Waals surface area contributed by atoms with Crippen LogP contribution in [0.3, 0.4) is 0 Å². The third-order valence-corrected chi connectivity index (χ3v) is 6.21. The van der Waals surface area contributed by atoms with Crippen LogP contribution < -0.4 is 4.90 Å². The van der Waals surface area contributed by atoms with E-state index in [9.17, 15) is 13.5 Å². The van der Waals surface area contributed by atoms with Crippen LogP contribution in [0.25, 0.3) is 0 Å². The third kappa shape index (κ3) is 3.09. The highest BCUT2D eigenvalue weighted by molar-refractivity contribution is 7.91. The van der Waals surface area contributed by atoms with Gasteiger partial charge in [0.1, 0.15) is 0 Å². The molecule has 0 amide bonds. The maximum Gasteiger partial charge on any atom is 0.186 e. The Hall–Kier alpha value is -0.660. The molecule has 5 nitrogen and oxygen atoms in total. The van der Waals surface area contributed by atoms with Gasteiger partial charge in [-0.1, -0.05) is 25.2 Å². The molecule has 0 aliphatic carbocycles. The van der Waals surface area contributed by atoms with Gasteiger partial charge in [0.25, 0.3) is 0 Å². The maximum atomic E-state index is 11.6. The van der Waals surface area contributed by atoms with Gasteiger partial charge in [-0.25, -0.2) is 13.4 Å². The van der Waals surface area contributed by atoms with Crippen LogP contribution in [0.1, 0.15) is 37.3 Å². The van der Waals surface area contributed by atoms with Crippen molar-refractivity contribution in [2.75, 3.05) is 23.0 Å². The number of aliphatic hydroxyl groups excluding tert-OH is 1. The van der Waals surface area contributed by atoms with Crippen molar-refractivity contribution in [2.45, 2.75) is 39.3 Å². The molecule has 2 rings (SSSR count). The second kappa shape index (κ2) is 5.38. The van der Waals surface area contributed by atoms with Gasteiger partial charge in [0.2, 0.25) is 0 Å². The summed E-state index contributed by atoms with van der Waals surface area (Å²) in [6.45, 7) is 6.47. The molecule has 1 N–H and O–H groups in total. The zero-order chi connectivity index (χ0) is 14.2. The second-order valence-corrected chi connectivity index (χ2v) is 8.57. The summed E-state index contributed by atoms with van der Waals surface area (Å²) in [5.74, 6) is 0.622. The highest BCUT2D eigenvalue weighted by Crippen LogP contribution is 2.32. The van der Waals surface area contributed by atoms with Gasteiger partial charge in [0.15, 0.2) is 15.0 Å². The van der Waals surface area contributed by atoms with E-state index in [0.29, 0.717) is 6.54 Å². The van der Waals surface area contributed by atoms with Crippen molar-refractivity contribution in [2.24, 2.45) is 0 Å². The fourth-order valence-electron chi connectivity index (χ4n) is 2.32. The molecular weight excluding hydrogens is 284 g/mol. The fourth-order valence-corrected chi connectivity index (χ4v) is 5.08. The van der Waals surface area contributed by atoms with E-state index in [2.05, 4.69) is 4.98 Å². The summed E-state index contributed by atoms with van der Waals surface area (Å²) in [6.07, 6.45) is 0. The molecule has 0 aromatic carbocycles. The molecule has 1 aliphatic rings. The van der Waals surface area contributed by atoms with Gasteiger partial charge in [-0.05, 0) is 12.8 Å². The van der Waals surface area contributed by atoms with Gasteiger partial charge in [-0.15, -0.1) is 0 Å². The van der Waals surface area contributed by atoms with Crippen LogP contribution in [-0.2, 0) is 16.4 Å². The Balaban J connectivity index is 2.28. The predicted octanol–water partition coefficient (Wildman–Crippen LogP) is 1.38. The Morgan fingerprint density at radius 3 is 2.68 bits per heavy atom. The Bertz CT molecular complexity index is 551. The summed E-state index contributed by atoms with van der Waals surface area (Å²) in [4.78, 5) is 7.51. The van der Waals surface area contributed by atoms with Gasteiger partial charge in [-0.3, -0.25) is 0 Å². The third-order valence-electron chi connectivity index (χ3n) is 3.32. The van der Waals surface area contributed by atoms with E-state index in [1.54, 1.807) is 0 Å². The van der Waals surface area contributed by atoms with Crippen LogP contribution in [0, 0.1) is 0 Å². The molecule has 0 bridgehead atoms. The molecule has 1 aromatic heterocycles. The Morgan fingerprint density at radius 2 is 2.21 bits per heavy atom. The lowest BCUT2D eigenvalue weighted by molar-refractivity contribution is 0.283. The van der Waals surface area contributed by atoms with Crippen molar-refractivity contribution in [1.29, 1.82) is 0 Å². The van der Waals surface area contributed by atoms with E-state index < -0.39 is 9.84 Å². The van der Waals surface area contributed by atoms with Gasteiger partial charge >= 0.3 is 0 Å². The molecule has 0 radical (unpaired) electrons. The molecule has 108 valence electrons. The number of nitrogens with zero attached hydrogens (tertiary/aromatic N) is 2. The normalized spacial score (nSPS) is 23.0. The average molecular weight is 304 g/mol. The quantitative estimate of drug-likeness (QED) is 0.913. The lowest BCUT2D eigenvalue weighted by Crippen LogP contribution is -2.47. The largest absolute Gasteiger partial charge is 0.391 e. The van der Waals surface area contributed by atoms with Gasteiger partial charge in [0, 0.05) is 12.6 Å². The molecule has 1 unspecified atom stereocenters. The van der Waals surface area contributed by atoms with Crippen LogP contribution in [0.4, 0.5) is 5.13 Å². The number of thiazole rings is 1. The summed E-state index contributed by atoms with van der Waals surface area (Å²) in [6, 6.07) is -0.0588. The van der Waals surface area contributed by atoms with Crippen LogP contribution in [0.2, 0.25) is 0 Å².